The van der Waals surface area contributed by atoms with Crippen molar-refractivity contribution in [3.05, 3.63) is 24.3 Å². The first-order chi connectivity index (χ1) is 7.67. The van der Waals surface area contributed by atoms with Crippen LogP contribution in [0.1, 0.15) is 6.92 Å². The number of alkyl halides is 1. The lowest BCUT2D eigenvalue weighted by Crippen LogP contribution is -2.33. The third-order valence-corrected chi connectivity index (χ3v) is 2.45. The second-order valence-electron chi connectivity index (χ2n) is 3.71. The summed E-state index contributed by atoms with van der Waals surface area (Å²) in [5.41, 5.74) is 6.71. The molecule has 16 heavy (non-hydrogen) atoms. The number of hydrogen-bond donors (Lipinski definition) is 1. The molecule has 4 heteroatoms. The minimum absolute atomic E-state index is 0.105. The molecule has 0 aliphatic heterocycles. The predicted octanol–water partition coefficient (Wildman–Crippen LogP) is 2.09. The van der Waals surface area contributed by atoms with Gasteiger partial charge in [0.15, 0.2) is 0 Å². The van der Waals surface area contributed by atoms with E-state index < -0.39 is 0 Å². The third kappa shape index (κ3) is 3.91. The van der Waals surface area contributed by atoms with Crippen LogP contribution in [0.25, 0.3) is 0 Å². The van der Waals surface area contributed by atoms with Gasteiger partial charge in [0.25, 0.3) is 0 Å². The first-order valence-corrected chi connectivity index (χ1v) is 5.84. The van der Waals surface area contributed by atoms with Crippen LogP contribution in [0.3, 0.4) is 0 Å². The van der Waals surface area contributed by atoms with Crippen LogP contribution in [0.2, 0.25) is 0 Å². The van der Waals surface area contributed by atoms with E-state index in [2.05, 4.69) is 4.90 Å². The molecule has 0 saturated heterocycles. The van der Waals surface area contributed by atoms with Crippen molar-refractivity contribution in [3.8, 4) is 5.75 Å². The maximum Gasteiger partial charge on any atom is 0.119 e. The highest BCUT2D eigenvalue weighted by Crippen LogP contribution is 2.19. The molecule has 1 aromatic rings. The molecule has 1 atom stereocenters. The number of ether oxygens (including phenoxy) is 1. The van der Waals surface area contributed by atoms with Crippen molar-refractivity contribution in [1.82, 2.24) is 0 Å². The molecule has 0 amide bonds. The Hall–Kier alpha value is -0.930. The van der Waals surface area contributed by atoms with Gasteiger partial charge in [-0.2, -0.15) is 0 Å². The van der Waals surface area contributed by atoms with Crippen LogP contribution >= 0.6 is 11.6 Å². The molecule has 0 radical (unpaired) electrons. The van der Waals surface area contributed by atoms with E-state index in [0.29, 0.717) is 6.54 Å². The van der Waals surface area contributed by atoms with Gasteiger partial charge < -0.3 is 15.4 Å². The minimum atomic E-state index is 0.105. The molecule has 1 aromatic carbocycles. The number of nitrogens with two attached hydrogens (primary N) is 1. The van der Waals surface area contributed by atoms with Gasteiger partial charge >= 0.3 is 0 Å². The maximum atomic E-state index is 6.01. The Kier molecular flexibility index (Phi) is 5.43. The number of hydrogen-bond acceptors (Lipinski definition) is 3. The zero-order valence-corrected chi connectivity index (χ0v) is 10.6. The summed E-state index contributed by atoms with van der Waals surface area (Å²) >= 11 is 6.01. The molecule has 0 aliphatic rings. The van der Waals surface area contributed by atoms with E-state index in [9.17, 15) is 0 Å². The normalized spacial score (nSPS) is 12.2. The summed E-state index contributed by atoms with van der Waals surface area (Å²) in [6.07, 6.45) is 0. The van der Waals surface area contributed by atoms with Crippen LogP contribution in [0.5, 0.6) is 5.75 Å². The molecular weight excluding hydrogens is 224 g/mol. The largest absolute Gasteiger partial charge is 0.497 e. The number of halogens is 1. The molecule has 1 unspecified atom stereocenters. The van der Waals surface area contributed by atoms with Crippen molar-refractivity contribution in [1.29, 1.82) is 0 Å². The summed E-state index contributed by atoms with van der Waals surface area (Å²) in [6.45, 7) is 4.21. The van der Waals surface area contributed by atoms with Crippen molar-refractivity contribution in [3.63, 3.8) is 0 Å². The summed E-state index contributed by atoms with van der Waals surface area (Å²) in [7, 11) is 1.66. The fourth-order valence-electron chi connectivity index (χ4n) is 1.58. The van der Waals surface area contributed by atoms with Crippen molar-refractivity contribution < 1.29 is 4.74 Å². The van der Waals surface area contributed by atoms with E-state index in [-0.39, 0.29) is 5.38 Å². The highest BCUT2D eigenvalue weighted by molar-refractivity contribution is 6.20. The van der Waals surface area contributed by atoms with E-state index in [1.54, 1.807) is 7.11 Å². The van der Waals surface area contributed by atoms with E-state index in [4.69, 9.17) is 22.1 Å². The number of anilines is 1. The Morgan fingerprint density at radius 1 is 1.38 bits per heavy atom. The number of nitrogens with zero attached hydrogens (tertiary/aromatic N) is 1. The summed E-state index contributed by atoms with van der Waals surface area (Å²) < 4.78 is 5.12. The van der Waals surface area contributed by atoms with Crippen LogP contribution in [-0.4, -0.2) is 32.1 Å². The van der Waals surface area contributed by atoms with Crippen molar-refractivity contribution >= 4 is 17.3 Å². The maximum absolute atomic E-state index is 6.01. The van der Waals surface area contributed by atoms with Gasteiger partial charge in [0.1, 0.15) is 5.75 Å². The quantitative estimate of drug-likeness (QED) is 0.777. The summed E-state index contributed by atoms with van der Waals surface area (Å²) in [6, 6.07) is 7.93. The molecule has 0 aliphatic carbocycles. The smallest absolute Gasteiger partial charge is 0.119 e. The van der Waals surface area contributed by atoms with Gasteiger partial charge in [0.2, 0.25) is 0 Å². The number of rotatable bonds is 6. The second kappa shape index (κ2) is 6.61. The minimum Gasteiger partial charge on any atom is -0.497 e. The van der Waals surface area contributed by atoms with Crippen LogP contribution in [-0.2, 0) is 0 Å². The first kappa shape index (κ1) is 13.1. The molecule has 0 bridgehead atoms. The fraction of sp³-hybridized carbons (Fsp3) is 0.500. The Morgan fingerprint density at radius 2 is 2.00 bits per heavy atom. The third-order valence-electron chi connectivity index (χ3n) is 2.31. The summed E-state index contributed by atoms with van der Waals surface area (Å²) in [5, 5.41) is 0.105. The van der Waals surface area contributed by atoms with Gasteiger partial charge in [-0.25, -0.2) is 0 Å². The van der Waals surface area contributed by atoms with E-state index in [1.807, 2.05) is 31.2 Å². The van der Waals surface area contributed by atoms with Crippen molar-refractivity contribution in [2.24, 2.45) is 5.73 Å². The van der Waals surface area contributed by atoms with Gasteiger partial charge in [-0.3, -0.25) is 0 Å². The van der Waals surface area contributed by atoms with E-state index >= 15 is 0 Å². The lowest BCUT2D eigenvalue weighted by molar-refractivity contribution is 0.415. The van der Waals surface area contributed by atoms with E-state index in [0.717, 1.165) is 24.5 Å². The monoisotopic (exact) mass is 242 g/mol. The Balaban J connectivity index is 2.75. The van der Waals surface area contributed by atoms with Gasteiger partial charge in [-0.1, -0.05) is 0 Å². The van der Waals surface area contributed by atoms with Crippen molar-refractivity contribution in [2.75, 3.05) is 31.6 Å². The predicted molar refractivity (Wildman–Crippen MR) is 69.6 cm³/mol. The van der Waals surface area contributed by atoms with Crippen LogP contribution in [0, 0.1) is 0 Å². The fourth-order valence-corrected chi connectivity index (χ4v) is 1.74. The van der Waals surface area contributed by atoms with Gasteiger partial charge in [0, 0.05) is 30.7 Å². The Morgan fingerprint density at radius 3 is 2.44 bits per heavy atom. The second-order valence-corrected chi connectivity index (χ2v) is 4.46. The number of benzene rings is 1. The molecule has 0 aromatic heterocycles. The lowest BCUT2D eigenvalue weighted by atomic mass is 10.2. The molecule has 3 nitrogen and oxygen atoms in total. The molecule has 0 fully saturated rings. The Bertz CT molecular complexity index is 300. The number of methoxy groups -OCH3 is 1. The lowest BCUT2D eigenvalue weighted by Gasteiger charge is -2.25. The molecule has 0 heterocycles. The standard InChI is InChI=1S/C12H19ClN2O/c1-10(13)9-15(8-7-14)11-3-5-12(16-2)6-4-11/h3-6,10H,7-9,14H2,1-2H3. The molecule has 0 spiro atoms. The van der Waals surface area contributed by atoms with E-state index in [1.165, 1.54) is 0 Å². The van der Waals surface area contributed by atoms with Gasteiger partial charge in [-0.15, -0.1) is 11.6 Å². The summed E-state index contributed by atoms with van der Waals surface area (Å²) in [5.74, 6) is 0.857. The molecular formula is C12H19ClN2O. The highest BCUT2D eigenvalue weighted by Gasteiger charge is 2.08. The first-order valence-electron chi connectivity index (χ1n) is 5.40. The molecule has 1 rings (SSSR count). The van der Waals surface area contributed by atoms with Crippen molar-refractivity contribution in [2.45, 2.75) is 12.3 Å². The molecule has 90 valence electrons. The highest BCUT2D eigenvalue weighted by atomic mass is 35.5. The average Bonchev–Trinajstić information content (AvgIpc) is 2.28. The zero-order chi connectivity index (χ0) is 12.0. The van der Waals surface area contributed by atoms with Gasteiger partial charge in [-0.05, 0) is 31.2 Å². The summed E-state index contributed by atoms with van der Waals surface area (Å²) in [4.78, 5) is 2.18. The van der Waals surface area contributed by atoms with Crippen LogP contribution in [0.15, 0.2) is 24.3 Å². The topological polar surface area (TPSA) is 38.5 Å². The Labute approximate surface area is 102 Å². The van der Waals surface area contributed by atoms with Crippen LogP contribution in [0.4, 0.5) is 5.69 Å². The SMILES string of the molecule is COc1ccc(N(CCN)CC(C)Cl)cc1. The molecule has 0 saturated carbocycles. The molecule has 2 N–H and O–H groups in total. The van der Waals surface area contributed by atoms with Crippen LogP contribution < -0.4 is 15.4 Å². The zero-order valence-electron chi connectivity index (χ0n) is 9.82. The average molecular weight is 243 g/mol. The van der Waals surface area contributed by atoms with Gasteiger partial charge in [0.05, 0.1) is 7.11 Å².